The van der Waals surface area contributed by atoms with Gasteiger partial charge in [0.25, 0.3) is 0 Å². The van der Waals surface area contributed by atoms with Gasteiger partial charge in [0.1, 0.15) is 0 Å². The summed E-state index contributed by atoms with van der Waals surface area (Å²) in [5.74, 6) is 0.632. The lowest BCUT2D eigenvalue weighted by molar-refractivity contribution is 1.01. The molecule has 2 aromatic rings. The lowest BCUT2D eigenvalue weighted by atomic mass is 10.4. The van der Waals surface area contributed by atoms with E-state index >= 15 is 0 Å². The number of anilines is 1. The second-order valence-electron chi connectivity index (χ2n) is 2.84. The molecule has 0 aliphatic heterocycles. The highest BCUT2D eigenvalue weighted by Crippen LogP contribution is 2.19. The first-order valence-corrected chi connectivity index (χ1v) is 6.43. The molecule has 1 N–H and O–H groups in total. The van der Waals surface area contributed by atoms with Crippen LogP contribution in [0.2, 0.25) is 5.15 Å². The number of hydrogen-bond acceptors (Lipinski definition) is 6. The number of nitrogens with one attached hydrogen (secondary N) is 1. The van der Waals surface area contributed by atoms with E-state index in [1.165, 1.54) is 0 Å². The SMILES string of the molecule is CCc1nc(CNc2nsnc2Cl)cs1. The van der Waals surface area contributed by atoms with Crippen molar-refractivity contribution in [2.24, 2.45) is 0 Å². The monoisotopic (exact) mass is 260 g/mol. The molecule has 0 radical (unpaired) electrons. The van der Waals surface area contributed by atoms with Gasteiger partial charge in [-0.2, -0.15) is 8.75 Å². The largest absolute Gasteiger partial charge is 0.361 e. The fraction of sp³-hybridized carbons (Fsp3) is 0.375. The Morgan fingerprint density at radius 2 is 2.33 bits per heavy atom. The molecule has 0 bridgehead atoms. The van der Waals surface area contributed by atoms with E-state index in [0.29, 0.717) is 17.5 Å². The van der Waals surface area contributed by atoms with Gasteiger partial charge in [0.15, 0.2) is 11.0 Å². The van der Waals surface area contributed by atoms with Crippen molar-refractivity contribution >= 4 is 40.5 Å². The normalized spacial score (nSPS) is 10.5. The molecule has 0 fully saturated rings. The van der Waals surface area contributed by atoms with Crippen LogP contribution in [0.5, 0.6) is 0 Å². The van der Waals surface area contributed by atoms with Crippen LogP contribution in [0.3, 0.4) is 0 Å². The van der Waals surface area contributed by atoms with E-state index in [9.17, 15) is 0 Å². The molecule has 0 saturated carbocycles. The van der Waals surface area contributed by atoms with Crippen LogP contribution in [0, 0.1) is 0 Å². The lowest BCUT2D eigenvalue weighted by Gasteiger charge is -1.98. The second-order valence-corrected chi connectivity index (χ2v) is 4.67. The highest BCUT2D eigenvalue weighted by Gasteiger charge is 2.05. The van der Waals surface area contributed by atoms with E-state index in [2.05, 4.69) is 26.0 Å². The third-order valence-electron chi connectivity index (χ3n) is 1.79. The second kappa shape index (κ2) is 4.87. The van der Waals surface area contributed by atoms with E-state index in [-0.39, 0.29) is 0 Å². The first-order chi connectivity index (χ1) is 7.29. The molecule has 0 spiro atoms. The Kier molecular flexibility index (Phi) is 3.50. The molecular formula is C8H9ClN4S2. The molecule has 4 nitrogen and oxygen atoms in total. The van der Waals surface area contributed by atoms with E-state index in [1.807, 2.05) is 5.38 Å². The molecule has 15 heavy (non-hydrogen) atoms. The van der Waals surface area contributed by atoms with Crippen LogP contribution in [-0.4, -0.2) is 13.7 Å². The van der Waals surface area contributed by atoms with Crippen molar-refractivity contribution in [1.82, 2.24) is 13.7 Å². The van der Waals surface area contributed by atoms with Crippen LogP contribution in [0.4, 0.5) is 5.82 Å². The van der Waals surface area contributed by atoms with Gasteiger partial charge in [0, 0.05) is 5.38 Å². The van der Waals surface area contributed by atoms with Crippen LogP contribution in [0.1, 0.15) is 17.6 Å². The molecule has 0 amide bonds. The zero-order valence-electron chi connectivity index (χ0n) is 8.03. The van der Waals surface area contributed by atoms with Crippen molar-refractivity contribution in [1.29, 1.82) is 0 Å². The smallest absolute Gasteiger partial charge is 0.186 e. The van der Waals surface area contributed by atoms with Crippen molar-refractivity contribution in [2.75, 3.05) is 5.32 Å². The highest BCUT2D eigenvalue weighted by atomic mass is 35.5. The molecular weight excluding hydrogens is 252 g/mol. The molecule has 80 valence electrons. The fourth-order valence-electron chi connectivity index (χ4n) is 1.05. The predicted octanol–water partition coefficient (Wildman–Crippen LogP) is 2.82. The maximum Gasteiger partial charge on any atom is 0.186 e. The molecule has 0 saturated heterocycles. The van der Waals surface area contributed by atoms with Gasteiger partial charge < -0.3 is 5.32 Å². The minimum absolute atomic E-state index is 0.422. The van der Waals surface area contributed by atoms with Crippen molar-refractivity contribution in [3.05, 3.63) is 21.2 Å². The summed E-state index contributed by atoms with van der Waals surface area (Å²) in [4.78, 5) is 4.43. The molecule has 2 rings (SSSR count). The third kappa shape index (κ3) is 2.64. The van der Waals surface area contributed by atoms with Gasteiger partial charge in [-0.3, -0.25) is 0 Å². The first-order valence-electron chi connectivity index (χ1n) is 4.44. The van der Waals surface area contributed by atoms with Gasteiger partial charge in [-0.1, -0.05) is 18.5 Å². The summed E-state index contributed by atoms with van der Waals surface area (Å²) in [5, 5.41) is 6.71. The molecule has 2 aromatic heterocycles. The Morgan fingerprint density at radius 3 is 2.93 bits per heavy atom. The maximum atomic E-state index is 5.80. The summed E-state index contributed by atoms with van der Waals surface area (Å²) >= 11 is 8.57. The zero-order chi connectivity index (χ0) is 10.7. The molecule has 0 aliphatic carbocycles. The van der Waals surface area contributed by atoms with Gasteiger partial charge in [0.2, 0.25) is 0 Å². The van der Waals surface area contributed by atoms with E-state index in [1.54, 1.807) is 11.3 Å². The van der Waals surface area contributed by atoms with Crippen molar-refractivity contribution < 1.29 is 0 Å². The Labute approximate surface area is 101 Å². The standard InChI is InChI=1S/C8H9ClN4S2/c1-2-6-11-5(4-14-6)3-10-8-7(9)12-15-13-8/h4H,2-3H2,1H3,(H,10,13). The number of nitrogens with zero attached hydrogens (tertiary/aromatic N) is 3. The van der Waals surface area contributed by atoms with Crippen LogP contribution in [-0.2, 0) is 13.0 Å². The predicted molar refractivity (Wildman–Crippen MR) is 63.7 cm³/mol. The average Bonchev–Trinajstić information content (AvgIpc) is 2.84. The highest BCUT2D eigenvalue weighted by molar-refractivity contribution is 7.09. The Morgan fingerprint density at radius 1 is 1.47 bits per heavy atom. The topological polar surface area (TPSA) is 50.7 Å². The molecule has 7 heteroatoms. The summed E-state index contributed by atoms with van der Waals surface area (Å²) in [6.07, 6.45) is 0.976. The van der Waals surface area contributed by atoms with Gasteiger partial charge in [-0.25, -0.2) is 4.98 Å². The van der Waals surface area contributed by atoms with Gasteiger partial charge in [-0.05, 0) is 6.42 Å². The van der Waals surface area contributed by atoms with Crippen molar-refractivity contribution in [3.63, 3.8) is 0 Å². The quantitative estimate of drug-likeness (QED) is 0.919. The average molecular weight is 261 g/mol. The number of aryl methyl sites for hydroxylation is 1. The molecule has 0 atom stereocenters. The van der Waals surface area contributed by atoms with Crippen molar-refractivity contribution in [2.45, 2.75) is 19.9 Å². The maximum absolute atomic E-state index is 5.80. The molecule has 2 heterocycles. The number of hydrogen-bond donors (Lipinski definition) is 1. The Bertz CT molecular complexity index is 439. The molecule has 0 aromatic carbocycles. The molecule has 0 aliphatic rings. The third-order valence-corrected chi connectivity index (χ3v) is 3.72. The first kappa shape index (κ1) is 10.8. The van der Waals surface area contributed by atoms with E-state index in [4.69, 9.17) is 11.6 Å². The summed E-state index contributed by atoms with van der Waals surface area (Å²) in [6, 6.07) is 0. The van der Waals surface area contributed by atoms with E-state index < -0.39 is 0 Å². The van der Waals surface area contributed by atoms with Gasteiger partial charge in [0.05, 0.1) is 29.0 Å². The summed E-state index contributed by atoms with van der Waals surface area (Å²) < 4.78 is 7.89. The van der Waals surface area contributed by atoms with Crippen LogP contribution in [0.15, 0.2) is 5.38 Å². The van der Waals surface area contributed by atoms with Gasteiger partial charge >= 0.3 is 0 Å². The van der Waals surface area contributed by atoms with Gasteiger partial charge in [-0.15, -0.1) is 11.3 Å². The molecule has 0 unspecified atom stereocenters. The Hall–Kier alpha value is -0.720. The van der Waals surface area contributed by atoms with Crippen LogP contribution >= 0.6 is 34.7 Å². The van der Waals surface area contributed by atoms with Crippen LogP contribution in [0.25, 0.3) is 0 Å². The minimum Gasteiger partial charge on any atom is -0.361 e. The fourth-order valence-corrected chi connectivity index (χ4v) is 2.48. The lowest BCUT2D eigenvalue weighted by Crippen LogP contribution is -2.00. The Balaban J connectivity index is 1.96. The zero-order valence-corrected chi connectivity index (χ0v) is 10.4. The van der Waals surface area contributed by atoms with E-state index in [0.717, 1.165) is 28.9 Å². The summed E-state index contributed by atoms with van der Waals surface area (Å²) in [7, 11) is 0. The summed E-state index contributed by atoms with van der Waals surface area (Å²) in [6.45, 7) is 2.74. The number of aromatic nitrogens is 3. The summed E-state index contributed by atoms with van der Waals surface area (Å²) in [5.41, 5.74) is 1.01. The van der Waals surface area contributed by atoms with Crippen LogP contribution < -0.4 is 5.32 Å². The number of halogens is 1. The van der Waals surface area contributed by atoms with Crippen molar-refractivity contribution in [3.8, 4) is 0 Å². The number of rotatable bonds is 4. The minimum atomic E-state index is 0.422. The number of thiazole rings is 1.